The average molecular weight is 226 g/mol. The maximum absolute atomic E-state index is 11.1. The Morgan fingerprint density at radius 2 is 2.00 bits per heavy atom. The zero-order chi connectivity index (χ0) is 11.6. The molecule has 0 unspecified atom stereocenters. The van der Waals surface area contributed by atoms with Gasteiger partial charge in [0.2, 0.25) is 0 Å². The van der Waals surface area contributed by atoms with Crippen molar-refractivity contribution in [1.29, 1.82) is 0 Å². The largest absolute Gasteiger partial charge is 0.294 e. The molecule has 0 amide bonds. The van der Waals surface area contributed by atoms with Crippen LogP contribution in [0.25, 0.3) is 6.08 Å². The number of benzene rings is 1. The Hall–Kier alpha value is -1.13. The molecule has 0 radical (unpaired) electrons. The number of hydrogen-bond acceptors (Lipinski definition) is 2. The van der Waals surface area contributed by atoms with Gasteiger partial charge < -0.3 is 0 Å². The molecule has 0 aliphatic carbocycles. The minimum atomic E-state index is -4.16. The van der Waals surface area contributed by atoms with Crippen LogP contribution in [0.4, 0.5) is 0 Å². The highest BCUT2D eigenvalue weighted by molar-refractivity contribution is 7.85. The van der Waals surface area contributed by atoms with Crippen molar-refractivity contribution in [2.24, 2.45) is 0 Å². The van der Waals surface area contributed by atoms with Gasteiger partial charge in [-0.15, -0.1) is 0 Å². The van der Waals surface area contributed by atoms with Gasteiger partial charge in [-0.2, -0.15) is 8.42 Å². The molecule has 15 heavy (non-hydrogen) atoms. The average Bonchev–Trinajstić information content (AvgIpc) is 2.15. The fourth-order valence-electron chi connectivity index (χ4n) is 1.58. The topological polar surface area (TPSA) is 54.4 Å². The zero-order valence-electron chi connectivity index (χ0n) is 8.77. The summed E-state index contributed by atoms with van der Waals surface area (Å²) in [5.41, 5.74) is 1.34. The van der Waals surface area contributed by atoms with Gasteiger partial charge in [-0.1, -0.05) is 38.6 Å². The molecule has 0 aliphatic heterocycles. The maximum atomic E-state index is 11.1. The first-order chi connectivity index (χ1) is 6.88. The quantitative estimate of drug-likeness (QED) is 0.806. The molecule has 0 saturated heterocycles. The van der Waals surface area contributed by atoms with Crippen LogP contribution in [-0.2, 0) is 10.1 Å². The van der Waals surface area contributed by atoms with Gasteiger partial charge in [-0.25, -0.2) is 0 Å². The molecule has 1 rings (SSSR count). The molecule has 0 aromatic heterocycles. The predicted molar refractivity (Wildman–Crippen MR) is 60.4 cm³/mol. The van der Waals surface area contributed by atoms with Gasteiger partial charge in [0.15, 0.2) is 0 Å². The van der Waals surface area contributed by atoms with E-state index in [0.29, 0.717) is 5.56 Å². The van der Waals surface area contributed by atoms with Crippen LogP contribution in [0.1, 0.15) is 30.9 Å². The van der Waals surface area contributed by atoms with Crippen molar-refractivity contribution in [2.45, 2.75) is 24.7 Å². The van der Waals surface area contributed by atoms with Crippen molar-refractivity contribution >= 4 is 16.2 Å². The molecule has 0 bridgehead atoms. The summed E-state index contributed by atoms with van der Waals surface area (Å²) in [4.78, 5) is -0.0325. The Morgan fingerprint density at radius 1 is 1.40 bits per heavy atom. The molecule has 4 heteroatoms. The summed E-state index contributed by atoms with van der Waals surface area (Å²) in [6.07, 6.45) is 1.59. The Bertz CT molecular complexity index is 473. The highest BCUT2D eigenvalue weighted by Gasteiger charge is 2.19. The molecule has 1 aromatic carbocycles. The van der Waals surface area contributed by atoms with E-state index in [4.69, 9.17) is 4.55 Å². The van der Waals surface area contributed by atoms with Crippen LogP contribution in [0.2, 0.25) is 0 Å². The summed E-state index contributed by atoms with van der Waals surface area (Å²) in [5.74, 6) is 0.0103. The molecule has 0 saturated carbocycles. The second kappa shape index (κ2) is 4.16. The van der Waals surface area contributed by atoms with Crippen LogP contribution in [0.15, 0.2) is 29.7 Å². The van der Waals surface area contributed by atoms with Crippen molar-refractivity contribution in [1.82, 2.24) is 0 Å². The Balaban J connectivity index is 3.60. The van der Waals surface area contributed by atoms with Crippen LogP contribution in [0.5, 0.6) is 0 Å². The van der Waals surface area contributed by atoms with E-state index >= 15 is 0 Å². The van der Waals surface area contributed by atoms with E-state index in [1.165, 1.54) is 6.07 Å². The lowest BCUT2D eigenvalue weighted by Crippen LogP contribution is -2.06. The van der Waals surface area contributed by atoms with E-state index in [9.17, 15) is 8.42 Å². The second-order valence-corrected chi connectivity index (χ2v) is 4.98. The van der Waals surface area contributed by atoms with E-state index in [1.807, 2.05) is 13.8 Å². The second-order valence-electron chi connectivity index (χ2n) is 3.59. The van der Waals surface area contributed by atoms with E-state index in [2.05, 4.69) is 6.58 Å². The van der Waals surface area contributed by atoms with Crippen LogP contribution >= 0.6 is 0 Å². The summed E-state index contributed by atoms with van der Waals surface area (Å²) in [6.45, 7) is 7.36. The summed E-state index contributed by atoms with van der Waals surface area (Å²) in [5, 5.41) is 0. The smallest absolute Gasteiger partial charge is 0.282 e. The normalized spacial score (nSPS) is 11.7. The fraction of sp³-hybridized carbons (Fsp3) is 0.273. The van der Waals surface area contributed by atoms with Crippen LogP contribution in [0, 0.1) is 0 Å². The van der Waals surface area contributed by atoms with E-state index in [1.54, 1.807) is 18.2 Å². The van der Waals surface area contributed by atoms with Gasteiger partial charge in [0.1, 0.15) is 0 Å². The van der Waals surface area contributed by atoms with Crippen molar-refractivity contribution in [3.8, 4) is 0 Å². The summed E-state index contributed by atoms with van der Waals surface area (Å²) >= 11 is 0. The lowest BCUT2D eigenvalue weighted by molar-refractivity contribution is 0.481. The molecule has 1 aromatic rings. The number of hydrogen-bond donors (Lipinski definition) is 1. The monoisotopic (exact) mass is 226 g/mol. The highest BCUT2D eigenvalue weighted by atomic mass is 32.2. The maximum Gasteiger partial charge on any atom is 0.294 e. The third kappa shape index (κ3) is 2.46. The van der Waals surface area contributed by atoms with E-state index < -0.39 is 10.1 Å². The fourth-order valence-corrected chi connectivity index (χ4v) is 2.46. The minimum Gasteiger partial charge on any atom is -0.282 e. The van der Waals surface area contributed by atoms with Gasteiger partial charge in [0, 0.05) is 0 Å². The van der Waals surface area contributed by atoms with Crippen molar-refractivity contribution < 1.29 is 13.0 Å². The predicted octanol–water partition coefficient (Wildman–Crippen LogP) is 2.70. The standard InChI is InChI=1S/C11H14O3S/c1-4-9-6-5-7-10(15(12,13)14)11(9)8(2)3/h4-8H,1H2,2-3H3,(H,12,13,14). The first kappa shape index (κ1) is 11.9. The van der Waals surface area contributed by atoms with Crippen LogP contribution < -0.4 is 0 Å². The van der Waals surface area contributed by atoms with Gasteiger partial charge in [0.05, 0.1) is 4.90 Å². The third-order valence-corrected chi connectivity index (χ3v) is 3.09. The van der Waals surface area contributed by atoms with Gasteiger partial charge in [-0.3, -0.25) is 4.55 Å². The van der Waals surface area contributed by atoms with E-state index in [0.717, 1.165) is 5.56 Å². The lowest BCUT2D eigenvalue weighted by Gasteiger charge is -2.13. The SMILES string of the molecule is C=Cc1cccc(S(=O)(=O)O)c1C(C)C. The molecular weight excluding hydrogens is 212 g/mol. The van der Waals surface area contributed by atoms with Gasteiger partial charge in [-0.05, 0) is 23.1 Å². The number of rotatable bonds is 3. The highest BCUT2D eigenvalue weighted by Crippen LogP contribution is 2.27. The molecule has 0 heterocycles. The Morgan fingerprint density at radius 3 is 2.40 bits per heavy atom. The molecule has 0 fully saturated rings. The van der Waals surface area contributed by atoms with Gasteiger partial charge >= 0.3 is 0 Å². The van der Waals surface area contributed by atoms with Crippen LogP contribution in [0.3, 0.4) is 0 Å². The van der Waals surface area contributed by atoms with Crippen molar-refractivity contribution in [2.75, 3.05) is 0 Å². The Labute approximate surface area is 90.2 Å². The van der Waals surface area contributed by atoms with Gasteiger partial charge in [0.25, 0.3) is 10.1 Å². The molecule has 1 N–H and O–H groups in total. The zero-order valence-corrected chi connectivity index (χ0v) is 9.58. The van der Waals surface area contributed by atoms with Crippen molar-refractivity contribution in [3.05, 3.63) is 35.9 Å². The molecule has 0 atom stereocenters. The summed E-state index contributed by atoms with van der Waals surface area (Å²) < 4.78 is 31.4. The molecule has 0 spiro atoms. The molecule has 82 valence electrons. The Kier molecular flexibility index (Phi) is 3.31. The third-order valence-electron chi connectivity index (χ3n) is 2.18. The molecule has 0 aliphatic rings. The first-order valence-electron chi connectivity index (χ1n) is 4.60. The van der Waals surface area contributed by atoms with Crippen LogP contribution in [-0.4, -0.2) is 13.0 Å². The van der Waals surface area contributed by atoms with Crippen molar-refractivity contribution in [3.63, 3.8) is 0 Å². The molecule has 3 nitrogen and oxygen atoms in total. The summed E-state index contributed by atoms with van der Waals surface area (Å²) in [6, 6.07) is 4.76. The summed E-state index contributed by atoms with van der Waals surface area (Å²) in [7, 11) is -4.16. The lowest BCUT2D eigenvalue weighted by atomic mass is 9.97. The molecular formula is C11H14O3S. The van der Waals surface area contributed by atoms with E-state index in [-0.39, 0.29) is 10.8 Å². The first-order valence-corrected chi connectivity index (χ1v) is 6.04. The minimum absolute atomic E-state index is 0.0103.